The maximum Gasteiger partial charge on any atom is 0.407 e. The van der Waals surface area contributed by atoms with Gasteiger partial charge in [0.25, 0.3) is 0 Å². The summed E-state index contributed by atoms with van der Waals surface area (Å²) in [5.74, 6) is 0.0494. The van der Waals surface area contributed by atoms with Gasteiger partial charge in [0.2, 0.25) is 0 Å². The molecular weight excluding hydrogens is 823 g/mol. The number of hydrogen-bond donors (Lipinski definition) is 1. The zero-order chi connectivity index (χ0) is 45.1. The minimum atomic E-state index is -0.414. The summed E-state index contributed by atoms with van der Waals surface area (Å²) in [4.78, 5) is 12.3. The van der Waals surface area contributed by atoms with Crippen molar-refractivity contribution in [2.75, 3.05) is 159 Å². The number of unbranched alkanes of at least 4 members (excludes halogenated alkanes) is 9. The Morgan fingerprint density at radius 2 is 0.688 bits per heavy atom. The molecule has 0 radical (unpaired) electrons. The van der Waals surface area contributed by atoms with Crippen LogP contribution in [0, 0.1) is 0 Å². The van der Waals surface area contributed by atoms with Crippen LogP contribution < -0.4 is 5.32 Å². The minimum Gasteiger partial charge on any atom is -0.449 e. The average Bonchev–Trinajstić information content (AvgIpc) is 3.64. The Hall–Kier alpha value is -2.73. The average molecular weight is 906 g/mol. The number of carbonyl (C=O) groups is 1. The molecule has 0 unspecified atom stereocenters. The van der Waals surface area contributed by atoms with Crippen LogP contribution in [0.3, 0.4) is 0 Å². The fraction of sp³-hybridized carbons (Fsp3) is 0.740. The van der Waals surface area contributed by atoms with Crippen molar-refractivity contribution in [3.8, 4) is 11.1 Å². The summed E-state index contributed by atoms with van der Waals surface area (Å²) in [5.41, 5.74) is 4.81. The van der Waals surface area contributed by atoms with Gasteiger partial charge in [-0.1, -0.05) is 113 Å². The van der Waals surface area contributed by atoms with Gasteiger partial charge in [0.05, 0.1) is 132 Å². The molecule has 0 saturated heterocycles. The first-order valence-corrected chi connectivity index (χ1v) is 24.2. The summed E-state index contributed by atoms with van der Waals surface area (Å²) in [5, 5.41) is 2.81. The zero-order valence-electron chi connectivity index (χ0n) is 39.3. The largest absolute Gasteiger partial charge is 0.449 e. The maximum absolute atomic E-state index is 12.3. The van der Waals surface area contributed by atoms with Crippen molar-refractivity contribution in [3.63, 3.8) is 0 Å². The van der Waals surface area contributed by atoms with Crippen LogP contribution in [-0.2, 0) is 56.8 Å². The van der Waals surface area contributed by atoms with Crippen molar-refractivity contribution in [2.45, 2.75) is 83.5 Å². The molecule has 0 aromatic heterocycles. The SMILES string of the molecule is CCCCCCCCCCCCOCCOCCOCCOCCOCCOCCOCCOCCOCCOCCOCCCNC(=O)OCC1c2ccccc2-c2ccccc21. The Labute approximate surface area is 384 Å². The number of amides is 1. The zero-order valence-corrected chi connectivity index (χ0v) is 39.3. The highest BCUT2D eigenvalue weighted by atomic mass is 16.6. The first kappa shape index (κ1) is 55.6. The van der Waals surface area contributed by atoms with Crippen molar-refractivity contribution >= 4 is 6.09 Å². The molecule has 1 amide bonds. The van der Waals surface area contributed by atoms with E-state index in [0.717, 1.165) is 13.0 Å². The minimum absolute atomic E-state index is 0.0494. The van der Waals surface area contributed by atoms with E-state index < -0.39 is 6.09 Å². The fourth-order valence-corrected chi connectivity index (χ4v) is 7.01. The van der Waals surface area contributed by atoms with Crippen molar-refractivity contribution in [1.29, 1.82) is 0 Å². The van der Waals surface area contributed by atoms with E-state index in [9.17, 15) is 4.79 Å². The van der Waals surface area contributed by atoms with Gasteiger partial charge in [-0.3, -0.25) is 0 Å². The summed E-state index contributed by atoms with van der Waals surface area (Å²) in [7, 11) is 0. The van der Waals surface area contributed by atoms with Crippen LogP contribution in [0.4, 0.5) is 4.79 Å². The molecule has 0 atom stereocenters. The third kappa shape index (κ3) is 29.0. The van der Waals surface area contributed by atoms with Crippen LogP contribution in [0.5, 0.6) is 0 Å². The lowest BCUT2D eigenvalue weighted by Gasteiger charge is -2.14. The lowest BCUT2D eigenvalue weighted by molar-refractivity contribution is -0.0275. The van der Waals surface area contributed by atoms with E-state index in [1.807, 2.05) is 24.3 Å². The van der Waals surface area contributed by atoms with Crippen molar-refractivity contribution in [2.24, 2.45) is 0 Å². The quantitative estimate of drug-likeness (QED) is 0.0642. The van der Waals surface area contributed by atoms with Crippen molar-refractivity contribution in [3.05, 3.63) is 59.7 Å². The van der Waals surface area contributed by atoms with Crippen LogP contribution in [-0.4, -0.2) is 165 Å². The van der Waals surface area contributed by atoms with E-state index in [1.54, 1.807) is 0 Å². The van der Waals surface area contributed by atoms with Gasteiger partial charge in [-0.15, -0.1) is 0 Å². The molecule has 14 nitrogen and oxygen atoms in total. The molecule has 366 valence electrons. The second-order valence-corrected chi connectivity index (χ2v) is 15.5. The monoisotopic (exact) mass is 906 g/mol. The Bertz CT molecular complexity index is 1310. The van der Waals surface area contributed by atoms with Crippen LogP contribution in [0.25, 0.3) is 11.1 Å². The molecule has 0 spiro atoms. The van der Waals surface area contributed by atoms with E-state index in [2.05, 4.69) is 36.5 Å². The summed E-state index contributed by atoms with van der Waals surface area (Å²) < 4.78 is 66.7. The van der Waals surface area contributed by atoms with E-state index in [0.29, 0.717) is 158 Å². The van der Waals surface area contributed by atoms with Crippen LogP contribution in [0.1, 0.15) is 94.6 Å². The van der Waals surface area contributed by atoms with Crippen molar-refractivity contribution in [1.82, 2.24) is 5.32 Å². The summed E-state index contributed by atoms with van der Waals surface area (Å²) >= 11 is 0. The number of fused-ring (bicyclic) bond motifs is 3. The maximum atomic E-state index is 12.3. The molecule has 0 heterocycles. The second-order valence-electron chi connectivity index (χ2n) is 15.5. The predicted octanol–water partition coefficient (Wildman–Crippen LogP) is 8.02. The molecule has 0 saturated carbocycles. The summed E-state index contributed by atoms with van der Waals surface area (Å²) in [6, 6.07) is 16.6. The van der Waals surface area contributed by atoms with Gasteiger partial charge in [0, 0.05) is 25.7 Å². The number of ether oxygens (including phenoxy) is 12. The van der Waals surface area contributed by atoms with E-state index >= 15 is 0 Å². The summed E-state index contributed by atoms with van der Waals surface area (Å²) in [6.45, 7) is 14.8. The predicted molar refractivity (Wildman–Crippen MR) is 249 cm³/mol. The van der Waals surface area contributed by atoms with Gasteiger partial charge < -0.3 is 62.2 Å². The summed E-state index contributed by atoms with van der Waals surface area (Å²) in [6.07, 6.45) is 13.6. The fourth-order valence-electron chi connectivity index (χ4n) is 7.01. The molecular formula is C50H83NO13. The van der Waals surface area contributed by atoms with Crippen LogP contribution in [0.2, 0.25) is 0 Å². The molecule has 1 N–H and O–H groups in total. The Morgan fingerprint density at radius 1 is 0.391 bits per heavy atom. The van der Waals surface area contributed by atoms with Crippen molar-refractivity contribution < 1.29 is 61.6 Å². The third-order valence-corrected chi connectivity index (χ3v) is 10.4. The molecule has 0 aliphatic heterocycles. The van der Waals surface area contributed by atoms with Gasteiger partial charge in [-0.05, 0) is 35.1 Å². The third-order valence-electron chi connectivity index (χ3n) is 10.4. The Morgan fingerprint density at radius 3 is 1.05 bits per heavy atom. The van der Waals surface area contributed by atoms with Gasteiger partial charge in [-0.25, -0.2) is 4.79 Å². The van der Waals surface area contributed by atoms with Gasteiger partial charge in [0.1, 0.15) is 6.61 Å². The number of rotatable bonds is 47. The van der Waals surface area contributed by atoms with E-state index in [-0.39, 0.29) is 5.92 Å². The number of hydrogen-bond acceptors (Lipinski definition) is 13. The standard InChI is InChI=1S/C50H83NO13/c1-2-3-4-5-6-7-8-9-10-15-22-53-24-26-55-28-30-57-32-34-59-36-38-61-40-42-63-43-41-62-39-37-60-35-33-58-31-29-56-27-25-54-23-16-21-51-50(52)64-44-49-47-19-13-11-17-45(47)46-18-12-14-20-48(46)49/h11-14,17-20,49H,2-10,15-16,21-44H2,1H3,(H,51,52). The van der Waals surface area contributed by atoms with Gasteiger partial charge >= 0.3 is 6.09 Å². The molecule has 2 aromatic carbocycles. The molecule has 2 aromatic rings. The number of benzene rings is 2. The molecule has 0 bridgehead atoms. The number of alkyl carbamates (subject to hydrolysis) is 1. The normalized spacial score (nSPS) is 12.2. The molecule has 1 aliphatic carbocycles. The highest BCUT2D eigenvalue weighted by molar-refractivity contribution is 5.79. The van der Waals surface area contributed by atoms with E-state index in [1.165, 1.54) is 80.0 Å². The molecule has 0 fully saturated rings. The second kappa shape index (κ2) is 41.7. The first-order chi connectivity index (χ1) is 31.8. The van der Waals surface area contributed by atoms with Crippen LogP contribution >= 0.6 is 0 Å². The lowest BCUT2D eigenvalue weighted by Crippen LogP contribution is -2.27. The highest BCUT2D eigenvalue weighted by Gasteiger charge is 2.29. The highest BCUT2D eigenvalue weighted by Crippen LogP contribution is 2.44. The lowest BCUT2D eigenvalue weighted by atomic mass is 9.98. The van der Waals surface area contributed by atoms with E-state index in [4.69, 9.17) is 56.8 Å². The topological polar surface area (TPSA) is 140 Å². The van der Waals surface area contributed by atoms with Crippen LogP contribution in [0.15, 0.2) is 48.5 Å². The Kier molecular flexibility index (Phi) is 36.2. The molecule has 1 aliphatic rings. The smallest absolute Gasteiger partial charge is 0.407 e. The number of carbonyl (C=O) groups excluding carboxylic acids is 1. The molecule has 14 heteroatoms. The van der Waals surface area contributed by atoms with Gasteiger partial charge in [-0.2, -0.15) is 0 Å². The first-order valence-electron chi connectivity index (χ1n) is 24.2. The number of nitrogens with one attached hydrogen (secondary N) is 1. The molecule has 3 rings (SSSR count). The van der Waals surface area contributed by atoms with Gasteiger partial charge in [0.15, 0.2) is 0 Å². The Balaban J connectivity index is 0.904. The molecule has 64 heavy (non-hydrogen) atoms.